The van der Waals surface area contributed by atoms with Gasteiger partial charge in [0, 0.05) is 5.41 Å². The summed E-state index contributed by atoms with van der Waals surface area (Å²) in [5, 5.41) is 21.1. The van der Waals surface area contributed by atoms with E-state index in [2.05, 4.69) is 19.9 Å². The van der Waals surface area contributed by atoms with Crippen LogP contribution in [0.1, 0.15) is 58.8 Å². The number of rotatable bonds is 0. The molecule has 0 aromatic rings. The van der Waals surface area contributed by atoms with Crippen molar-refractivity contribution in [2.75, 3.05) is 0 Å². The average molecular weight is 308 g/mol. The minimum Gasteiger partial charge on any atom is -0.392 e. The smallest absolute Gasteiger partial charge is 0.127 e. The maximum absolute atomic E-state index is 14.2. The lowest BCUT2D eigenvalue weighted by Gasteiger charge is -2.59. The number of aliphatic hydroxyl groups is 2. The molecule has 4 aliphatic carbocycles. The molecule has 3 unspecified atom stereocenters. The Morgan fingerprint density at radius 1 is 1.14 bits per heavy atom. The van der Waals surface area contributed by atoms with Crippen molar-refractivity contribution in [1.29, 1.82) is 0 Å². The number of fused-ring (bicyclic) bond motifs is 5. The van der Waals surface area contributed by atoms with Crippen LogP contribution in [0.5, 0.6) is 0 Å². The fraction of sp³-hybridized carbons (Fsp3) is 0.895. The Hall–Kier alpha value is -0.410. The van der Waals surface area contributed by atoms with Crippen molar-refractivity contribution in [3.8, 4) is 0 Å². The molecule has 2 nitrogen and oxygen atoms in total. The first kappa shape index (κ1) is 15.1. The van der Waals surface area contributed by atoms with Crippen LogP contribution in [0.25, 0.3) is 0 Å². The third-order valence-corrected chi connectivity index (χ3v) is 8.10. The summed E-state index contributed by atoms with van der Waals surface area (Å²) in [6, 6.07) is 0. The van der Waals surface area contributed by atoms with Crippen LogP contribution in [0, 0.1) is 28.6 Å². The van der Waals surface area contributed by atoms with Crippen molar-refractivity contribution in [2.24, 2.45) is 28.6 Å². The molecule has 0 heterocycles. The van der Waals surface area contributed by atoms with Gasteiger partial charge in [-0.25, -0.2) is 4.39 Å². The Morgan fingerprint density at radius 2 is 1.91 bits per heavy atom. The molecule has 4 rings (SSSR count). The second-order valence-electron chi connectivity index (χ2n) is 8.76. The number of hydrogen-bond acceptors (Lipinski definition) is 2. The maximum Gasteiger partial charge on any atom is 0.127 e. The predicted molar refractivity (Wildman–Crippen MR) is 84.0 cm³/mol. The molecule has 0 radical (unpaired) electrons. The summed E-state index contributed by atoms with van der Waals surface area (Å²) >= 11 is 0. The van der Waals surface area contributed by atoms with Crippen molar-refractivity contribution in [3.63, 3.8) is 0 Å². The van der Waals surface area contributed by atoms with Gasteiger partial charge in [-0.2, -0.15) is 0 Å². The van der Waals surface area contributed by atoms with Crippen LogP contribution < -0.4 is 0 Å². The molecule has 3 heteroatoms. The summed E-state index contributed by atoms with van der Waals surface area (Å²) in [6.45, 7) is 4.35. The Labute approximate surface area is 132 Å². The molecule has 22 heavy (non-hydrogen) atoms. The largest absolute Gasteiger partial charge is 0.392 e. The van der Waals surface area contributed by atoms with E-state index in [0.29, 0.717) is 18.3 Å². The van der Waals surface area contributed by atoms with Gasteiger partial charge in [0.25, 0.3) is 0 Å². The first-order valence-electron chi connectivity index (χ1n) is 9.08. The molecule has 0 spiro atoms. The molecule has 3 fully saturated rings. The van der Waals surface area contributed by atoms with Gasteiger partial charge in [0.15, 0.2) is 0 Å². The Morgan fingerprint density at radius 3 is 2.68 bits per heavy atom. The quantitative estimate of drug-likeness (QED) is 0.671. The van der Waals surface area contributed by atoms with Crippen molar-refractivity contribution >= 4 is 0 Å². The van der Waals surface area contributed by atoms with Crippen LogP contribution in [0.3, 0.4) is 0 Å². The van der Waals surface area contributed by atoms with Gasteiger partial charge in [0.1, 0.15) is 6.17 Å². The standard InChI is InChI=1S/C19H29FO2/c1-18-9-8-13-12(14(18)10-15(20)17(18)22)7-6-11-4-3-5-16(21)19(11,13)2/h4,12-17,21-22H,3,5-10H2,1-2H3/t12-,13-,14+,15?,16?,17?,18+,19+/m1/s1. The van der Waals surface area contributed by atoms with E-state index in [1.54, 1.807) is 0 Å². The highest BCUT2D eigenvalue weighted by atomic mass is 19.1. The summed E-state index contributed by atoms with van der Waals surface area (Å²) in [4.78, 5) is 0. The minimum absolute atomic E-state index is 0.109. The first-order chi connectivity index (χ1) is 10.4. The summed E-state index contributed by atoms with van der Waals surface area (Å²) < 4.78 is 14.2. The fourth-order valence-electron chi connectivity index (χ4n) is 6.71. The van der Waals surface area contributed by atoms with Gasteiger partial charge in [-0.05, 0) is 68.1 Å². The van der Waals surface area contributed by atoms with E-state index < -0.39 is 12.3 Å². The fourth-order valence-corrected chi connectivity index (χ4v) is 6.71. The van der Waals surface area contributed by atoms with Gasteiger partial charge in [-0.15, -0.1) is 0 Å². The number of halogens is 1. The lowest BCUT2D eigenvalue weighted by molar-refractivity contribution is -0.108. The van der Waals surface area contributed by atoms with E-state index in [1.165, 1.54) is 5.57 Å². The van der Waals surface area contributed by atoms with Crippen LogP contribution in [0.15, 0.2) is 11.6 Å². The van der Waals surface area contributed by atoms with Gasteiger partial charge < -0.3 is 10.2 Å². The molecule has 2 N–H and O–H groups in total. The lowest BCUT2D eigenvalue weighted by atomic mass is 9.47. The van der Waals surface area contributed by atoms with Crippen LogP contribution in [0.2, 0.25) is 0 Å². The third kappa shape index (κ3) is 1.73. The van der Waals surface area contributed by atoms with Gasteiger partial charge in [0.05, 0.1) is 12.2 Å². The second-order valence-corrected chi connectivity index (χ2v) is 8.76. The van der Waals surface area contributed by atoms with Gasteiger partial charge in [-0.3, -0.25) is 0 Å². The normalized spacial score (nSPS) is 57.6. The Kier molecular flexibility index (Phi) is 3.30. The molecule has 8 atom stereocenters. The van der Waals surface area contributed by atoms with Crippen molar-refractivity contribution in [1.82, 2.24) is 0 Å². The molecule has 0 bridgehead atoms. The summed E-state index contributed by atoms with van der Waals surface area (Å²) in [6.07, 6.45) is 6.71. The molecule has 4 aliphatic rings. The minimum atomic E-state index is -1.06. The molecule has 0 aromatic carbocycles. The van der Waals surface area contributed by atoms with Crippen molar-refractivity contribution < 1.29 is 14.6 Å². The van der Waals surface area contributed by atoms with Crippen LogP contribution >= 0.6 is 0 Å². The van der Waals surface area contributed by atoms with E-state index in [9.17, 15) is 14.6 Å². The van der Waals surface area contributed by atoms with Gasteiger partial charge in [-0.1, -0.05) is 25.5 Å². The van der Waals surface area contributed by atoms with Crippen LogP contribution in [-0.4, -0.2) is 28.6 Å². The highest BCUT2D eigenvalue weighted by Crippen LogP contribution is 2.65. The first-order valence-corrected chi connectivity index (χ1v) is 9.08. The number of hydrogen-bond donors (Lipinski definition) is 2. The number of allylic oxidation sites excluding steroid dienone is 1. The van der Waals surface area contributed by atoms with Gasteiger partial charge in [0.2, 0.25) is 0 Å². The Balaban J connectivity index is 1.71. The maximum atomic E-state index is 14.2. The summed E-state index contributed by atoms with van der Waals surface area (Å²) in [7, 11) is 0. The van der Waals surface area contributed by atoms with Crippen LogP contribution in [-0.2, 0) is 0 Å². The van der Waals surface area contributed by atoms with Gasteiger partial charge >= 0.3 is 0 Å². The molecular formula is C19H29FO2. The number of alkyl halides is 1. The zero-order valence-corrected chi connectivity index (χ0v) is 13.8. The highest BCUT2D eigenvalue weighted by Gasteiger charge is 2.62. The highest BCUT2D eigenvalue weighted by molar-refractivity contribution is 5.26. The Bertz CT molecular complexity index is 504. The topological polar surface area (TPSA) is 40.5 Å². The van der Waals surface area contributed by atoms with E-state index in [-0.39, 0.29) is 22.9 Å². The lowest BCUT2D eigenvalue weighted by Crippen LogP contribution is -2.54. The van der Waals surface area contributed by atoms with E-state index in [1.807, 2.05) is 0 Å². The van der Waals surface area contributed by atoms with Crippen molar-refractivity contribution in [3.05, 3.63) is 11.6 Å². The molecule has 0 saturated heterocycles. The molecule has 3 saturated carbocycles. The van der Waals surface area contributed by atoms with E-state index >= 15 is 0 Å². The monoisotopic (exact) mass is 308 g/mol. The SMILES string of the molecule is C[C@]12CC[C@@H]3[C@@H](CCC4=CCCC(O)[C@@]43C)[C@@H]1CC(F)C2O. The third-order valence-electron chi connectivity index (χ3n) is 8.10. The van der Waals surface area contributed by atoms with Crippen molar-refractivity contribution in [2.45, 2.75) is 77.2 Å². The summed E-state index contributed by atoms with van der Waals surface area (Å²) in [5.74, 6) is 1.20. The molecule has 0 amide bonds. The van der Waals surface area contributed by atoms with E-state index in [0.717, 1.165) is 38.5 Å². The molecule has 0 aliphatic heterocycles. The second kappa shape index (κ2) is 4.80. The zero-order chi connectivity index (χ0) is 15.7. The molecule has 0 aromatic heterocycles. The molecular weight excluding hydrogens is 279 g/mol. The average Bonchev–Trinajstić information content (AvgIpc) is 2.72. The predicted octanol–water partition coefficient (Wildman–Crippen LogP) is 3.62. The van der Waals surface area contributed by atoms with E-state index in [4.69, 9.17) is 0 Å². The molecule has 124 valence electrons. The summed E-state index contributed by atoms with van der Waals surface area (Å²) in [5.41, 5.74) is 1.09. The zero-order valence-electron chi connectivity index (χ0n) is 13.8. The number of aliphatic hydroxyl groups excluding tert-OH is 2. The van der Waals surface area contributed by atoms with Crippen LogP contribution in [0.4, 0.5) is 4.39 Å².